The molecule has 1 aromatic carbocycles. The van der Waals surface area contributed by atoms with Gasteiger partial charge in [-0.15, -0.1) is 0 Å². The summed E-state index contributed by atoms with van der Waals surface area (Å²) in [5.74, 6) is 3.47. The van der Waals surface area contributed by atoms with Gasteiger partial charge in [-0.1, -0.05) is 25.1 Å². The molecule has 138 valence electrons. The van der Waals surface area contributed by atoms with Gasteiger partial charge in [0.1, 0.15) is 5.75 Å². The topological polar surface area (TPSA) is 36.4 Å². The highest BCUT2D eigenvalue weighted by Gasteiger charge is 2.40. The molecule has 1 saturated carbocycles. The first-order valence-electron chi connectivity index (χ1n) is 10.00. The summed E-state index contributed by atoms with van der Waals surface area (Å²) in [5, 5.41) is 9.46. The third-order valence-corrected chi connectivity index (χ3v) is 6.54. The average molecular weight is 351 g/mol. The summed E-state index contributed by atoms with van der Waals surface area (Å²) >= 11 is 0. The van der Waals surface area contributed by atoms with Gasteiger partial charge in [0.2, 0.25) is 0 Å². The van der Waals surface area contributed by atoms with E-state index >= 15 is 0 Å². The number of benzene rings is 1. The first kappa shape index (κ1) is 17.5. The molecule has 4 atom stereocenters. The molecule has 1 saturated heterocycles. The van der Waals surface area contributed by atoms with Crippen molar-refractivity contribution in [3.05, 3.63) is 59.4 Å². The molecular formula is C23H30N2O. The zero-order chi connectivity index (χ0) is 18.1. The van der Waals surface area contributed by atoms with E-state index in [1.165, 1.54) is 49.2 Å². The largest absolute Gasteiger partial charge is 0.508 e. The van der Waals surface area contributed by atoms with Crippen molar-refractivity contribution in [1.82, 2.24) is 9.88 Å². The summed E-state index contributed by atoms with van der Waals surface area (Å²) < 4.78 is 0. The summed E-state index contributed by atoms with van der Waals surface area (Å²) in [6.07, 6.45) is 5.86. The van der Waals surface area contributed by atoms with Crippen molar-refractivity contribution in [2.45, 2.75) is 39.0 Å². The van der Waals surface area contributed by atoms with Crippen LogP contribution in [0.2, 0.25) is 0 Å². The summed E-state index contributed by atoms with van der Waals surface area (Å²) in [6.45, 7) is 8.08. The number of aromatic nitrogens is 1. The maximum Gasteiger partial charge on any atom is 0.115 e. The van der Waals surface area contributed by atoms with Crippen molar-refractivity contribution < 1.29 is 5.11 Å². The summed E-state index contributed by atoms with van der Waals surface area (Å²) in [5.41, 5.74) is 3.97. The number of hydrogen-bond donors (Lipinski definition) is 1. The molecule has 1 aromatic heterocycles. The lowest BCUT2D eigenvalue weighted by molar-refractivity contribution is 0.284. The van der Waals surface area contributed by atoms with E-state index in [0.717, 1.165) is 24.3 Å². The molecule has 0 bridgehead atoms. The van der Waals surface area contributed by atoms with Gasteiger partial charge < -0.3 is 10.0 Å². The molecule has 3 heteroatoms. The molecule has 26 heavy (non-hydrogen) atoms. The van der Waals surface area contributed by atoms with Gasteiger partial charge in [-0.3, -0.25) is 4.98 Å². The van der Waals surface area contributed by atoms with Crippen molar-refractivity contribution in [3.8, 4) is 5.75 Å². The van der Waals surface area contributed by atoms with Crippen molar-refractivity contribution in [2.24, 2.45) is 17.8 Å². The fourth-order valence-corrected chi connectivity index (χ4v) is 5.18. The highest BCUT2D eigenvalue weighted by atomic mass is 16.3. The fourth-order valence-electron chi connectivity index (χ4n) is 5.18. The van der Waals surface area contributed by atoms with Gasteiger partial charge in [-0.25, -0.2) is 0 Å². The fraction of sp³-hybridized carbons (Fsp3) is 0.522. The predicted molar refractivity (Wildman–Crippen MR) is 105 cm³/mol. The van der Waals surface area contributed by atoms with Crippen LogP contribution in [0.5, 0.6) is 5.75 Å². The highest BCUT2D eigenvalue weighted by molar-refractivity contribution is 5.28. The van der Waals surface area contributed by atoms with Crippen LogP contribution in [0, 0.1) is 24.7 Å². The number of rotatable bonds is 5. The lowest BCUT2D eigenvalue weighted by atomic mass is 9.95. The smallest absolute Gasteiger partial charge is 0.115 e. The lowest BCUT2D eigenvalue weighted by Gasteiger charge is -2.23. The first-order valence-corrected chi connectivity index (χ1v) is 10.00. The number of hydrogen-bond acceptors (Lipinski definition) is 3. The molecule has 0 spiro atoms. The zero-order valence-electron chi connectivity index (χ0n) is 15.9. The summed E-state index contributed by atoms with van der Waals surface area (Å²) in [4.78, 5) is 7.11. The highest BCUT2D eigenvalue weighted by Crippen LogP contribution is 2.43. The number of pyridine rings is 1. The van der Waals surface area contributed by atoms with Gasteiger partial charge in [0.25, 0.3) is 0 Å². The Hall–Kier alpha value is -1.87. The number of aryl methyl sites for hydroxylation is 1. The van der Waals surface area contributed by atoms with Crippen molar-refractivity contribution in [2.75, 3.05) is 19.6 Å². The molecule has 4 rings (SSSR count). The number of phenols is 1. The molecule has 1 aliphatic carbocycles. The van der Waals surface area contributed by atoms with Crippen LogP contribution in [0.4, 0.5) is 0 Å². The molecule has 2 aliphatic rings. The Labute approximate surface area is 157 Å². The minimum absolute atomic E-state index is 0.353. The minimum atomic E-state index is 0.353. The van der Waals surface area contributed by atoms with Gasteiger partial charge in [0.15, 0.2) is 0 Å². The van der Waals surface area contributed by atoms with E-state index in [0.29, 0.717) is 11.7 Å². The summed E-state index contributed by atoms with van der Waals surface area (Å²) in [6, 6.07) is 12.0. The van der Waals surface area contributed by atoms with Gasteiger partial charge in [0, 0.05) is 31.5 Å². The van der Waals surface area contributed by atoms with Gasteiger partial charge in [0.05, 0.1) is 0 Å². The standard InChI is InChI=1S/C23H30N2O/c1-16(19-5-7-23(26)8-6-19)13-25-14-21-11-18(12-22(21)15-25)10-20-4-3-9-24-17(20)2/h3-9,16,18,21-22,26H,10-15H2,1-2H3/t16?,18-,21+,22-. The molecule has 1 unspecified atom stereocenters. The Morgan fingerprint density at radius 3 is 2.46 bits per heavy atom. The number of nitrogens with zero attached hydrogens (tertiary/aromatic N) is 2. The lowest BCUT2D eigenvalue weighted by Crippen LogP contribution is -2.27. The number of phenolic OH excluding ortho intramolecular Hbond substituents is 1. The summed E-state index contributed by atoms with van der Waals surface area (Å²) in [7, 11) is 0. The molecule has 2 fully saturated rings. The molecule has 0 radical (unpaired) electrons. The Kier molecular flexibility index (Phi) is 4.99. The number of likely N-dealkylation sites (tertiary alicyclic amines) is 1. The monoisotopic (exact) mass is 350 g/mol. The average Bonchev–Trinajstić information content (AvgIpc) is 3.15. The third-order valence-electron chi connectivity index (χ3n) is 6.54. The van der Waals surface area contributed by atoms with E-state index < -0.39 is 0 Å². The second-order valence-corrected chi connectivity index (χ2v) is 8.52. The molecule has 3 nitrogen and oxygen atoms in total. The van der Waals surface area contributed by atoms with Gasteiger partial charge in [-0.05, 0) is 79.2 Å². The van der Waals surface area contributed by atoms with Crippen LogP contribution in [0.15, 0.2) is 42.6 Å². The Morgan fingerprint density at radius 2 is 1.81 bits per heavy atom. The van der Waals surface area contributed by atoms with E-state index in [-0.39, 0.29) is 0 Å². The first-order chi connectivity index (χ1) is 12.6. The minimum Gasteiger partial charge on any atom is -0.508 e. The van der Waals surface area contributed by atoms with Crippen LogP contribution in [0.3, 0.4) is 0 Å². The van der Waals surface area contributed by atoms with Crippen LogP contribution in [0.25, 0.3) is 0 Å². The maximum atomic E-state index is 9.46. The second-order valence-electron chi connectivity index (χ2n) is 8.52. The van der Waals surface area contributed by atoms with Crippen molar-refractivity contribution >= 4 is 0 Å². The van der Waals surface area contributed by atoms with E-state index in [1.54, 1.807) is 12.1 Å². The van der Waals surface area contributed by atoms with Crippen molar-refractivity contribution in [1.29, 1.82) is 0 Å². The van der Waals surface area contributed by atoms with Crippen LogP contribution in [-0.2, 0) is 6.42 Å². The van der Waals surface area contributed by atoms with Crippen LogP contribution in [0.1, 0.15) is 42.5 Å². The molecule has 0 amide bonds. The van der Waals surface area contributed by atoms with Crippen LogP contribution >= 0.6 is 0 Å². The van der Waals surface area contributed by atoms with Crippen LogP contribution in [-0.4, -0.2) is 34.6 Å². The quantitative estimate of drug-likeness (QED) is 0.868. The van der Waals surface area contributed by atoms with Crippen molar-refractivity contribution in [3.63, 3.8) is 0 Å². The Bertz CT molecular complexity index is 728. The molecule has 1 aliphatic heterocycles. The third kappa shape index (κ3) is 3.78. The molecule has 2 aromatic rings. The SMILES string of the molecule is Cc1ncccc1C[C@H]1C[C@@H]2CN(CC(C)c3ccc(O)cc3)C[C@@H]2C1. The van der Waals surface area contributed by atoms with E-state index in [1.807, 2.05) is 6.20 Å². The zero-order valence-corrected chi connectivity index (χ0v) is 15.9. The normalized spacial score (nSPS) is 26.8. The van der Waals surface area contributed by atoms with Gasteiger partial charge in [-0.2, -0.15) is 0 Å². The van der Waals surface area contributed by atoms with Gasteiger partial charge >= 0.3 is 0 Å². The molecule has 2 heterocycles. The number of aromatic hydroxyl groups is 1. The molecular weight excluding hydrogens is 320 g/mol. The Balaban J connectivity index is 1.29. The molecule has 1 N–H and O–H groups in total. The van der Waals surface area contributed by atoms with E-state index in [2.05, 4.69) is 48.0 Å². The van der Waals surface area contributed by atoms with E-state index in [4.69, 9.17) is 0 Å². The van der Waals surface area contributed by atoms with E-state index in [9.17, 15) is 5.11 Å². The second kappa shape index (κ2) is 7.40. The predicted octanol–water partition coefficient (Wildman–Crippen LogP) is 4.40. The van der Waals surface area contributed by atoms with Crippen LogP contribution < -0.4 is 0 Å². The number of fused-ring (bicyclic) bond motifs is 1. The maximum absolute atomic E-state index is 9.46. The Morgan fingerprint density at radius 1 is 1.12 bits per heavy atom.